The highest BCUT2D eigenvalue weighted by atomic mass is 79.9. The molecule has 1 aromatic carbocycles. The van der Waals surface area contributed by atoms with Crippen molar-refractivity contribution < 1.29 is 9.53 Å². The number of unbranched alkanes of at least 4 members (excludes halogenated alkanes) is 1. The molecule has 0 spiro atoms. The second-order valence-corrected chi connectivity index (χ2v) is 7.55. The van der Waals surface area contributed by atoms with Crippen molar-refractivity contribution >= 4 is 39.1 Å². The lowest BCUT2D eigenvalue weighted by Gasteiger charge is -2.37. The van der Waals surface area contributed by atoms with Crippen molar-refractivity contribution in [3.05, 3.63) is 40.9 Å². The zero-order valence-electron chi connectivity index (χ0n) is 14.3. The summed E-state index contributed by atoms with van der Waals surface area (Å²) in [7, 11) is 1.60. The van der Waals surface area contributed by atoms with Gasteiger partial charge in [-0.1, -0.05) is 39.7 Å². The van der Waals surface area contributed by atoms with Gasteiger partial charge in [-0.05, 0) is 49.4 Å². The van der Waals surface area contributed by atoms with Crippen molar-refractivity contribution in [1.82, 2.24) is 5.01 Å². The van der Waals surface area contributed by atoms with Gasteiger partial charge in [-0.2, -0.15) is 5.10 Å². The number of methoxy groups -OCH3 is 1. The minimum Gasteiger partial charge on any atom is -0.495 e. The molecule has 25 heavy (non-hydrogen) atoms. The van der Waals surface area contributed by atoms with Gasteiger partial charge in [0.25, 0.3) is 0 Å². The summed E-state index contributed by atoms with van der Waals surface area (Å²) in [5.41, 5.74) is 1.92. The van der Waals surface area contributed by atoms with Crippen molar-refractivity contribution in [1.29, 1.82) is 0 Å². The summed E-state index contributed by atoms with van der Waals surface area (Å²) in [6, 6.07) is 5.73. The van der Waals surface area contributed by atoms with Crippen LogP contribution in [0.3, 0.4) is 0 Å². The van der Waals surface area contributed by atoms with E-state index in [1.54, 1.807) is 12.1 Å². The molecule has 0 radical (unpaired) electrons. The number of hydrazone groups is 1. The highest BCUT2D eigenvalue weighted by molar-refractivity contribution is 9.09. The lowest BCUT2D eigenvalue weighted by Crippen LogP contribution is -2.45. The number of fused-ring (bicyclic) bond motifs is 1. The Kier molecular flexibility index (Phi) is 6.18. The molecule has 3 rings (SSSR count). The van der Waals surface area contributed by atoms with Crippen LogP contribution in [0.15, 0.2) is 35.5 Å². The number of rotatable bonds is 6. The fourth-order valence-electron chi connectivity index (χ4n) is 3.45. The lowest BCUT2D eigenvalue weighted by molar-refractivity contribution is -0.137. The van der Waals surface area contributed by atoms with E-state index in [1.807, 2.05) is 18.2 Å². The van der Waals surface area contributed by atoms with E-state index in [0.717, 1.165) is 42.3 Å². The summed E-state index contributed by atoms with van der Waals surface area (Å²) in [6.07, 6.45) is 7.84. The fraction of sp³-hybridized carbons (Fsp3) is 0.474. The molecule has 1 heterocycles. The maximum absolute atomic E-state index is 12.8. The molecule has 1 aromatic rings. The first-order valence-corrected chi connectivity index (χ1v) is 10.1. The third kappa shape index (κ3) is 3.93. The van der Waals surface area contributed by atoms with Gasteiger partial charge >= 0.3 is 0 Å². The van der Waals surface area contributed by atoms with Crippen molar-refractivity contribution in [3.63, 3.8) is 0 Å². The van der Waals surface area contributed by atoms with Gasteiger partial charge < -0.3 is 4.74 Å². The Morgan fingerprint density at radius 3 is 2.72 bits per heavy atom. The topological polar surface area (TPSA) is 41.9 Å². The highest BCUT2D eigenvalue weighted by Crippen LogP contribution is 2.36. The van der Waals surface area contributed by atoms with Crippen LogP contribution in [0, 0.1) is 11.8 Å². The van der Waals surface area contributed by atoms with Gasteiger partial charge in [-0.25, -0.2) is 5.01 Å². The van der Waals surface area contributed by atoms with Gasteiger partial charge in [-0.3, -0.25) is 4.79 Å². The minimum atomic E-state index is -0.0256. The molecule has 0 saturated carbocycles. The molecule has 0 N–H and O–H groups in total. The Balaban J connectivity index is 1.95. The number of hydrogen-bond donors (Lipinski definition) is 0. The van der Waals surface area contributed by atoms with Gasteiger partial charge in [-0.15, -0.1) is 0 Å². The summed E-state index contributed by atoms with van der Waals surface area (Å²) in [5.74, 6) is 0.885. The van der Waals surface area contributed by atoms with E-state index in [0.29, 0.717) is 17.3 Å². The molecular formula is C19H22BrClN2O2. The molecule has 1 amide bonds. The van der Waals surface area contributed by atoms with Crippen LogP contribution in [0.1, 0.15) is 31.2 Å². The first-order chi connectivity index (χ1) is 12.2. The number of carbonyl (C=O) groups excluding carboxylic acids is 1. The molecule has 0 bridgehead atoms. The first kappa shape index (κ1) is 18.5. The summed E-state index contributed by atoms with van der Waals surface area (Å²) in [6.45, 7) is 0.657. The maximum atomic E-state index is 12.8. The zero-order valence-corrected chi connectivity index (χ0v) is 16.6. The minimum absolute atomic E-state index is 0.0256. The Labute approximate surface area is 162 Å². The molecule has 4 nitrogen and oxygen atoms in total. The molecule has 0 saturated heterocycles. The normalized spacial score (nSPS) is 22.6. The molecule has 0 fully saturated rings. The Morgan fingerprint density at radius 1 is 1.28 bits per heavy atom. The van der Waals surface area contributed by atoms with Gasteiger partial charge in [0.05, 0.1) is 23.8 Å². The summed E-state index contributed by atoms with van der Waals surface area (Å²) in [5, 5.41) is 7.90. The third-order valence-electron chi connectivity index (χ3n) is 4.78. The smallest absolute Gasteiger partial charge is 0.246 e. The van der Waals surface area contributed by atoms with Crippen LogP contribution in [-0.2, 0) is 4.79 Å². The average molecular weight is 426 g/mol. The molecule has 0 aromatic heterocycles. The van der Waals surface area contributed by atoms with Gasteiger partial charge in [0.2, 0.25) is 5.91 Å². The van der Waals surface area contributed by atoms with E-state index in [4.69, 9.17) is 21.4 Å². The van der Waals surface area contributed by atoms with Crippen LogP contribution in [0.2, 0.25) is 5.02 Å². The van der Waals surface area contributed by atoms with Gasteiger partial charge in [0.1, 0.15) is 5.75 Å². The number of amides is 1. The molecule has 1 aliphatic carbocycles. The van der Waals surface area contributed by atoms with E-state index in [2.05, 4.69) is 28.1 Å². The zero-order chi connectivity index (χ0) is 17.8. The fourth-order valence-corrected chi connectivity index (χ4v) is 4.10. The van der Waals surface area contributed by atoms with Crippen LogP contribution in [0.25, 0.3) is 0 Å². The Morgan fingerprint density at radius 2 is 2.04 bits per heavy atom. The predicted molar refractivity (Wildman–Crippen MR) is 105 cm³/mol. The van der Waals surface area contributed by atoms with Crippen molar-refractivity contribution in [3.8, 4) is 5.75 Å². The number of ether oxygens (including phenoxy) is 1. The largest absolute Gasteiger partial charge is 0.495 e. The lowest BCUT2D eigenvalue weighted by atomic mass is 9.76. The SMILES string of the molecule is COc1ccc(C2=NN(CCCCBr)C(=O)[C@@H]3CC=CC[C@H]23)cc1Cl. The number of nitrogens with zero attached hydrogens (tertiary/aromatic N) is 2. The number of allylic oxidation sites excluding steroid dienone is 2. The standard InChI is InChI=1S/C19H22BrClN2O2/c1-25-17-9-8-13(12-16(17)21)18-14-6-2-3-7-15(14)19(24)23(22-18)11-5-4-10-20/h2-3,8-9,12,14-15H,4-7,10-11H2,1H3/t14-,15+/m0/s1. The second kappa shape index (κ2) is 8.37. The summed E-state index contributed by atoms with van der Waals surface area (Å²) < 4.78 is 5.25. The van der Waals surface area contributed by atoms with Gasteiger partial charge in [0.15, 0.2) is 0 Å². The van der Waals surface area contributed by atoms with Crippen LogP contribution in [0.5, 0.6) is 5.75 Å². The van der Waals surface area contributed by atoms with E-state index in [9.17, 15) is 4.79 Å². The second-order valence-electron chi connectivity index (χ2n) is 6.35. The molecule has 1 aliphatic heterocycles. The number of hydrogen-bond acceptors (Lipinski definition) is 3. The molecule has 2 aliphatic rings. The number of carbonyl (C=O) groups is 1. The third-order valence-corrected chi connectivity index (χ3v) is 5.64. The molecular weight excluding hydrogens is 404 g/mol. The van der Waals surface area contributed by atoms with Crippen molar-refractivity contribution in [2.45, 2.75) is 25.7 Å². The van der Waals surface area contributed by atoms with E-state index < -0.39 is 0 Å². The van der Waals surface area contributed by atoms with Crippen molar-refractivity contribution in [2.24, 2.45) is 16.9 Å². The number of halogens is 2. The van der Waals surface area contributed by atoms with E-state index in [-0.39, 0.29) is 17.7 Å². The van der Waals surface area contributed by atoms with Crippen LogP contribution < -0.4 is 4.74 Å². The predicted octanol–water partition coefficient (Wildman–Crippen LogP) is 4.65. The maximum Gasteiger partial charge on any atom is 0.246 e. The number of alkyl halides is 1. The van der Waals surface area contributed by atoms with Gasteiger partial charge in [0, 0.05) is 17.8 Å². The van der Waals surface area contributed by atoms with Crippen LogP contribution in [-0.4, -0.2) is 35.6 Å². The monoisotopic (exact) mass is 424 g/mol. The molecule has 134 valence electrons. The average Bonchev–Trinajstić information content (AvgIpc) is 2.64. The molecule has 0 unspecified atom stereocenters. The van der Waals surface area contributed by atoms with E-state index >= 15 is 0 Å². The van der Waals surface area contributed by atoms with Crippen LogP contribution >= 0.6 is 27.5 Å². The molecule has 2 atom stereocenters. The Hall–Kier alpha value is -1.33. The highest BCUT2D eigenvalue weighted by Gasteiger charge is 2.39. The van der Waals surface area contributed by atoms with Crippen LogP contribution in [0.4, 0.5) is 0 Å². The van der Waals surface area contributed by atoms with Crippen molar-refractivity contribution in [2.75, 3.05) is 19.0 Å². The molecule has 6 heteroatoms. The Bertz CT molecular complexity index is 705. The quantitative estimate of drug-likeness (QED) is 0.378. The van der Waals surface area contributed by atoms with E-state index in [1.165, 1.54) is 0 Å². The summed E-state index contributed by atoms with van der Waals surface area (Å²) in [4.78, 5) is 12.8. The number of benzene rings is 1. The summed E-state index contributed by atoms with van der Waals surface area (Å²) >= 11 is 9.75. The first-order valence-electron chi connectivity index (χ1n) is 8.60.